The number of benzene rings is 1. The Morgan fingerprint density at radius 1 is 1.26 bits per heavy atom. The Kier molecular flexibility index (Phi) is 4.33. The van der Waals surface area contributed by atoms with Crippen molar-refractivity contribution in [2.45, 2.75) is 38.2 Å². The predicted octanol–water partition coefficient (Wildman–Crippen LogP) is 3.55. The van der Waals surface area contributed by atoms with E-state index in [4.69, 9.17) is 4.74 Å². The molecule has 0 saturated carbocycles. The topological polar surface area (TPSA) is 51.2 Å². The van der Waals surface area contributed by atoms with E-state index in [-0.39, 0.29) is 11.5 Å². The number of rotatable bonds is 4. The Morgan fingerprint density at radius 2 is 2.00 bits per heavy atom. The minimum atomic E-state index is -0.172. The van der Waals surface area contributed by atoms with Crippen LogP contribution in [-0.2, 0) is 0 Å². The Morgan fingerprint density at radius 3 is 2.78 bits per heavy atom. The van der Waals surface area contributed by atoms with Crippen molar-refractivity contribution in [2.75, 3.05) is 6.54 Å². The van der Waals surface area contributed by atoms with Crippen LogP contribution in [0.2, 0.25) is 0 Å². The molecule has 120 valence electrons. The zero-order valence-corrected chi connectivity index (χ0v) is 13.6. The van der Waals surface area contributed by atoms with Gasteiger partial charge < -0.3 is 10.1 Å². The van der Waals surface area contributed by atoms with E-state index in [0.717, 1.165) is 18.6 Å². The summed E-state index contributed by atoms with van der Waals surface area (Å²) in [6, 6.07) is 11.6. The summed E-state index contributed by atoms with van der Waals surface area (Å²) in [5.41, 5.74) is 1.71. The van der Waals surface area contributed by atoms with Crippen molar-refractivity contribution in [3.63, 3.8) is 0 Å². The Balaban J connectivity index is 1.63. The summed E-state index contributed by atoms with van der Waals surface area (Å²) < 4.78 is 6.05. The molecule has 1 aliphatic rings. The Labute approximate surface area is 136 Å². The second-order valence-corrected chi connectivity index (χ2v) is 6.58. The number of aromatic nitrogens is 1. The van der Waals surface area contributed by atoms with E-state index < -0.39 is 0 Å². The van der Waals surface area contributed by atoms with E-state index in [1.807, 2.05) is 18.2 Å². The first kappa shape index (κ1) is 15.5. The summed E-state index contributed by atoms with van der Waals surface area (Å²) in [6.45, 7) is 4.88. The van der Waals surface area contributed by atoms with E-state index in [0.29, 0.717) is 18.0 Å². The molecule has 23 heavy (non-hydrogen) atoms. The lowest BCUT2D eigenvalue weighted by molar-refractivity contribution is 0.0703. The van der Waals surface area contributed by atoms with Crippen LogP contribution in [0.4, 0.5) is 0 Å². The van der Waals surface area contributed by atoms with Crippen molar-refractivity contribution in [3.8, 4) is 5.75 Å². The zero-order valence-electron chi connectivity index (χ0n) is 13.6. The van der Waals surface area contributed by atoms with Gasteiger partial charge in [0.2, 0.25) is 0 Å². The van der Waals surface area contributed by atoms with Gasteiger partial charge >= 0.3 is 0 Å². The van der Waals surface area contributed by atoms with Gasteiger partial charge in [-0.05, 0) is 56.4 Å². The molecule has 0 aliphatic carbocycles. The highest BCUT2D eigenvalue weighted by atomic mass is 16.5. The summed E-state index contributed by atoms with van der Waals surface area (Å²) in [5.74, 6) is 1.31. The van der Waals surface area contributed by atoms with Gasteiger partial charge in [0.15, 0.2) is 0 Å². The molecule has 0 saturated heterocycles. The fourth-order valence-corrected chi connectivity index (χ4v) is 3.18. The van der Waals surface area contributed by atoms with Crippen molar-refractivity contribution in [1.82, 2.24) is 10.3 Å². The highest BCUT2D eigenvalue weighted by Gasteiger charge is 2.33. The van der Waals surface area contributed by atoms with E-state index in [9.17, 15) is 4.79 Å². The molecule has 3 rings (SSSR count). The molecular formula is C19H22N2O2. The molecule has 1 atom stereocenters. The highest BCUT2D eigenvalue weighted by Crippen LogP contribution is 2.41. The molecule has 1 aliphatic heterocycles. The van der Waals surface area contributed by atoms with Gasteiger partial charge in [0, 0.05) is 24.5 Å². The van der Waals surface area contributed by atoms with Crippen LogP contribution in [0.3, 0.4) is 0 Å². The van der Waals surface area contributed by atoms with Gasteiger partial charge in [-0.3, -0.25) is 9.78 Å². The van der Waals surface area contributed by atoms with Gasteiger partial charge in [0.1, 0.15) is 11.4 Å². The average molecular weight is 310 g/mol. The Bertz CT molecular complexity index is 683. The average Bonchev–Trinajstić information content (AvgIpc) is 2.54. The molecule has 0 fully saturated rings. The Hall–Kier alpha value is -2.36. The lowest BCUT2D eigenvalue weighted by atomic mass is 9.82. The first-order valence-corrected chi connectivity index (χ1v) is 8.01. The molecule has 0 spiro atoms. The van der Waals surface area contributed by atoms with Crippen LogP contribution in [-0.4, -0.2) is 23.0 Å². The molecular weight excluding hydrogens is 288 g/mol. The lowest BCUT2D eigenvalue weighted by Gasteiger charge is -2.37. The number of carbonyl (C=O) groups is 1. The number of nitrogens with one attached hydrogen (secondary N) is 1. The molecule has 0 radical (unpaired) electrons. The quantitative estimate of drug-likeness (QED) is 0.939. The fourth-order valence-electron chi connectivity index (χ4n) is 3.18. The van der Waals surface area contributed by atoms with Gasteiger partial charge in [-0.2, -0.15) is 0 Å². The van der Waals surface area contributed by atoms with Gasteiger partial charge in [0.05, 0.1) is 0 Å². The van der Waals surface area contributed by atoms with Gasteiger partial charge in [-0.1, -0.05) is 18.2 Å². The van der Waals surface area contributed by atoms with E-state index in [1.54, 1.807) is 24.5 Å². The van der Waals surface area contributed by atoms with Crippen LogP contribution in [0.15, 0.2) is 48.8 Å². The van der Waals surface area contributed by atoms with Crippen LogP contribution in [0.1, 0.15) is 48.5 Å². The number of ether oxygens (including phenoxy) is 1. The molecule has 4 nitrogen and oxygen atoms in total. The number of hydrogen-bond acceptors (Lipinski definition) is 3. The maximum Gasteiger partial charge on any atom is 0.251 e. The molecule has 1 aromatic carbocycles. The molecule has 2 aromatic rings. The van der Waals surface area contributed by atoms with E-state index >= 15 is 0 Å². The first-order valence-electron chi connectivity index (χ1n) is 8.01. The highest BCUT2D eigenvalue weighted by molar-refractivity contribution is 5.93. The second kappa shape index (κ2) is 6.41. The molecule has 0 unspecified atom stereocenters. The fraction of sp³-hybridized carbons (Fsp3) is 0.368. The first-order chi connectivity index (χ1) is 11.1. The molecule has 2 heterocycles. The monoisotopic (exact) mass is 310 g/mol. The molecule has 0 bridgehead atoms. The van der Waals surface area contributed by atoms with E-state index in [1.165, 1.54) is 5.56 Å². The number of hydrogen-bond donors (Lipinski definition) is 1. The van der Waals surface area contributed by atoms with Crippen molar-refractivity contribution < 1.29 is 9.53 Å². The third-order valence-electron chi connectivity index (χ3n) is 4.20. The zero-order chi connectivity index (χ0) is 16.3. The second-order valence-electron chi connectivity index (χ2n) is 6.58. The van der Waals surface area contributed by atoms with Gasteiger partial charge in [-0.15, -0.1) is 0 Å². The number of pyridine rings is 1. The lowest BCUT2D eigenvalue weighted by Crippen LogP contribution is -2.36. The molecule has 1 aromatic heterocycles. The van der Waals surface area contributed by atoms with Gasteiger partial charge in [-0.25, -0.2) is 0 Å². The smallest absolute Gasteiger partial charge is 0.251 e. The van der Waals surface area contributed by atoms with Crippen molar-refractivity contribution in [2.24, 2.45) is 0 Å². The number of amides is 1. The SMILES string of the molecule is CC1(C)C[C@H](CCNC(=O)c2ccncc2)c2ccccc2O1. The summed E-state index contributed by atoms with van der Waals surface area (Å²) in [6.07, 6.45) is 5.12. The van der Waals surface area contributed by atoms with Crippen molar-refractivity contribution >= 4 is 5.91 Å². The number of carbonyl (C=O) groups excluding carboxylic acids is 1. The summed E-state index contributed by atoms with van der Waals surface area (Å²) >= 11 is 0. The molecule has 1 N–H and O–H groups in total. The van der Waals surface area contributed by atoms with Crippen molar-refractivity contribution in [3.05, 3.63) is 59.9 Å². The number of fused-ring (bicyclic) bond motifs is 1. The molecule has 1 amide bonds. The third-order valence-corrected chi connectivity index (χ3v) is 4.20. The van der Waals surface area contributed by atoms with Crippen LogP contribution >= 0.6 is 0 Å². The summed E-state index contributed by atoms with van der Waals surface area (Å²) in [5, 5.41) is 3.00. The van der Waals surface area contributed by atoms with Crippen LogP contribution < -0.4 is 10.1 Å². The standard InChI is InChI=1S/C19H22N2O2/c1-19(2)13-15(16-5-3-4-6-17(16)23-19)9-12-21-18(22)14-7-10-20-11-8-14/h3-8,10-11,15H,9,12-13H2,1-2H3,(H,21,22)/t15-/m0/s1. The maximum atomic E-state index is 12.1. The van der Waals surface area contributed by atoms with Crippen LogP contribution in [0.5, 0.6) is 5.75 Å². The van der Waals surface area contributed by atoms with Gasteiger partial charge in [0.25, 0.3) is 5.91 Å². The van der Waals surface area contributed by atoms with E-state index in [2.05, 4.69) is 30.2 Å². The van der Waals surface area contributed by atoms with Crippen molar-refractivity contribution in [1.29, 1.82) is 0 Å². The molecule has 4 heteroatoms. The van der Waals surface area contributed by atoms with Crippen LogP contribution in [0.25, 0.3) is 0 Å². The predicted molar refractivity (Wildman–Crippen MR) is 89.7 cm³/mol. The minimum absolute atomic E-state index is 0.0491. The normalized spacial score (nSPS) is 18.6. The summed E-state index contributed by atoms with van der Waals surface area (Å²) in [7, 11) is 0. The largest absolute Gasteiger partial charge is 0.488 e. The van der Waals surface area contributed by atoms with Crippen LogP contribution in [0, 0.1) is 0 Å². The summed E-state index contributed by atoms with van der Waals surface area (Å²) in [4.78, 5) is 16.0. The maximum absolute atomic E-state index is 12.1. The number of para-hydroxylation sites is 1. The number of nitrogens with zero attached hydrogens (tertiary/aromatic N) is 1. The minimum Gasteiger partial charge on any atom is -0.488 e. The third kappa shape index (κ3) is 3.70.